The maximum Gasteiger partial charge on any atom is 0.169 e. The summed E-state index contributed by atoms with van der Waals surface area (Å²) in [6.45, 7) is 3.00. The zero-order valence-electron chi connectivity index (χ0n) is 8.69. The smallest absolute Gasteiger partial charge is 0.169 e. The fourth-order valence-corrected chi connectivity index (χ4v) is 2.45. The van der Waals surface area contributed by atoms with Crippen LogP contribution in [0.4, 0.5) is 0 Å². The molecule has 2 rings (SSSR count). The molecule has 1 aliphatic rings. The van der Waals surface area contributed by atoms with Crippen LogP contribution < -0.4 is 0 Å². The number of Topliss-reactive ketones (excluding diaryl/α,β-unsaturated/α-hetero) is 1. The highest BCUT2D eigenvalue weighted by atomic mass is 32.1. The van der Waals surface area contributed by atoms with E-state index in [0.717, 1.165) is 17.7 Å². The SMILES string of the molecule is CC(=O)c1ccc(CCC2OCCO2)s1. The summed E-state index contributed by atoms with van der Waals surface area (Å²) >= 11 is 1.56. The van der Waals surface area contributed by atoms with E-state index in [-0.39, 0.29) is 12.1 Å². The topological polar surface area (TPSA) is 35.5 Å². The van der Waals surface area contributed by atoms with Gasteiger partial charge in [0.1, 0.15) is 0 Å². The molecule has 2 heterocycles. The Kier molecular flexibility index (Phi) is 3.51. The van der Waals surface area contributed by atoms with Crippen molar-refractivity contribution in [2.75, 3.05) is 13.2 Å². The molecule has 0 aliphatic carbocycles. The van der Waals surface area contributed by atoms with Gasteiger partial charge in [-0.3, -0.25) is 4.79 Å². The molecule has 0 atom stereocenters. The van der Waals surface area contributed by atoms with Gasteiger partial charge in [-0.1, -0.05) is 0 Å². The minimum Gasteiger partial charge on any atom is -0.350 e. The lowest BCUT2D eigenvalue weighted by Crippen LogP contribution is -2.07. The summed E-state index contributed by atoms with van der Waals surface area (Å²) in [6, 6.07) is 3.90. The lowest BCUT2D eigenvalue weighted by atomic mass is 10.2. The van der Waals surface area contributed by atoms with Crippen molar-refractivity contribution in [2.45, 2.75) is 26.1 Å². The molecule has 15 heavy (non-hydrogen) atoms. The number of carbonyl (C=O) groups excluding carboxylic acids is 1. The standard InChI is InChI=1S/C11H14O3S/c1-8(12)10-4-2-9(15-10)3-5-11-13-6-7-14-11/h2,4,11H,3,5-7H2,1H3. The second-order valence-corrected chi connectivity index (χ2v) is 4.70. The maximum absolute atomic E-state index is 11.1. The molecule has 0 unspecified atom stereocenters. The molecule has 1 aromatic rings. The highest BCUT2D eigenvalue weighted by Crippen LogP contribution is 2.20. The first-order chi connectivity index (χ1) is 7.25. The van der Waals surface area contributed by atoms with Crippen molar-refractivity contribution in [3.63, 3.8) is 0 Å². The van der Waals surface area contributed by atoms with Gasteiger partial charge in [-0.15, -0.1) is 11.3 Å². The molecule has 3 nitrogen and oxygen atoms in total. The van der Waals surface area contributed by atoms with Crippen LogP contribution in [-0.4, -0.2) is 25.3 Å². The second kappa shape index (κ2) is 4.88. The Hall–Kier alpha value is -0.710. The first-order valence-corrected chi connectivity index (χ1v) is 5.90. The van der Waals surface area contributed by atoms with E-state index in [1.807, 2.05) is 12.1 Å². The third kappa shape index (κ3) is 2.87. The average molecular weight is 226 g/mol. The Labute approximate surface area is 93.0 Å². The van der Waals surface area contributed by atoms with Crippen molar-refractivity contribution >= 4 is 17.1 Å². The molecule has 1 aromatic heterocycles. The van der Waals surface area contributed by atoms with Crippen molar-refractivity contribution in [1.29, 1.82) is 0 Å². The van der Waals surface area contributed by atoms with Crippen LogP contribution in [0.25, 0.3) is 0 Å². The van der Waals surface area contributed by atoms with Crippen LogP contribution >= 0.6 is 11.3 Å². The molecule has 0 N–H and O–H groups in total. The number of hydrogen-bond donors (Lipinski definition) is 0. The van der Waals surface area contributed by atoms with E-state index in [4.69, 9.17) is 9.47 Å². The van der Waals surface area contributed by atoms with E-state index < -0.39 is 0 Å². The van der Waals surface area contributed by atoms with Crippen molar-refractivity contribution < 1.29 is 14.3 Å². The van der Waals surface area contributed by atoms with E-state index in [1.165, 1.54) is 4.88 Å². The van der Waals surface area contributed by atoms with Gasteiger partial charge in [-0.25, -0.2) is 0 Å². The largest absolute Gasteiger partial charge is 0.350 e. The summed E-state index contributed by atoms with van der Waals surface area (Å²) in [4.78, 5) is 13.1. The Bertz CT molecular complexity index is 339. The van der Waals surface area contributed by atoms with Crippen molar-refractivity contribution in [2.24, 2.45) is 0 Å². The molecule has 1 aliphatic heterocycles. The molecule has 1 fully saturated rings. The molecule has 0 bridgehead atoms. The van der Waals surface area contributed by atoms with Crippen LogP contribution in [0.15, 0.2) is 12.1 Å². The normalized spacial score (nSPS) is 17.1. The predicted octanol–water partition coefficient (Wildman–Crippen LogP) is 2.26. The number of aryl methyl sites for hydroxylation is 1. The number of ketones is 1. The summed E-state index contributed by atoms with van der Waals surface area (Å²) in [7, 11) is 0. The van der Waals surface area contributed by atoms with Crippen LogP contribution in [0.3, 0.4) is 0 Å². The van der Waals surface area contributed by atoms with Crippen LogP contribution in [0.1, 0.15) is 27.9 Å². The molecule has 0 aromatic carbocycles. The molecule has 0 radical (unpaired) electrons. The summed E-state index contributed by atoms with van der Waals surface area (Å²) in [6.07, 6.45) is 1.74. The summed E-state index contributed by atoms with van der Waals surface area (Å²) in [5.41, 5.74) is 0. The van der Waals surface area contributed by atoms with Gasteiger partial charge in [0.15, 0.2) is 12.1 Å². The third-order valence-electron chi connectivity index (χ3n) is 2.33. The summed E-state index contributed by atoms with van der Waals surface area (Å²) in [5.74, 6) is 0.139. The van der Waals surface area contributed by atoms with Gasteiger partial charge in [-0.2, -0.15) is 0 Å². The van der Waals surface area contributed by atoms with E-state index in [1.54, 1.807) is 18.3 Å². The Morgan fingerprint density at radius 3 is 2.80 bits per heavy atom. The minimum atomic E-state index is -0.0483. The first-order valence-electron chi connectivity index (χ1n) is 5.08. The Morgan fingerprint density at radius 2 is 2.20 bits per heavy atom. The molecule has 0 amide bonds. The number of ether oxygens (including phenoxy) is 2. The van der Waals surface area contributed by atoms with Gasteiger partial charge in [0.05, 0.1) is 18.1 Å². The van der Waals surface area contributed by atoms with Crippen molar-refractivity contribution in [3.8, 4) is 0 Å². The Balaban J connectivity index is 1.84. The van der Waals surface area contributed by atoms with Crippen LogP contribution in [-0.2, 0) is 15.9 Å². The van der Waals surface area contributed by atoms with Gasteiger partial charge in [0, 0.05) is 11.3 Å². The Morgan fingerprint density at radius 1 is 1.47 bits per heavy atom. The first kappa shape index (κ1) is 10.8. The van der Waals surface area contributed by atoms with E-state index in [9.17, 15) is 4.79 Å². The molecule has 4 heteroatoms. The molecule has 0 saturated carbocycles. The van der Waals surface area contributed by atoms with E-state index in [2.05, 4.69) is 0 Å². The highest BCUT2D eigenvalue weighted by Gasteiger charge is 2.16. The van der Waals surface area contributed by atoms with Gasteiger partial charge in [0.25, 0.3) is 0 Å². The van der Waals surface area contributed by atoms with Gasteiger partial charge in [0.2, 0.25) is 0 Å². The fraction of sp³-hybridized carbons (Fsp3) is 0.545. The number of carbonyl (C=O) groups is 1. The van der Waals surface area contributed by atoms with Crippen LogP contribution in [0.2, 0.25) is 0 Å². The number of rotatable bonds is 4. The molecule has 0 spiro atoms. The van der Waals surface area contributed by atoms with Crippen LogP contribution in [0.5, 0.6) is 0 Å². The van der Waals surface area contributed by atoms with Gasteiger partial charge in [-0.05, 0) is 25.5 Å². The number of thiophene rings is 1. The quantitative estimate of drug-likeness (QED) is 0.739. The fourth-order valence-electron chi connectivity index (χ4n) is 1.54. The second-order valence-electron chi connectivity index (χ2n) is 3.53. The third-order valence-corrected chi connectivity index (χ3v) is 3.57. The molecular weight excluding hydrogens is 212 g/mol. The summed E-state index contributed by atoms with van der Waals surface area (Å²) in [5, 5.41) is 0. The van der Waals surface area contributed by atoms with Gasteiger partial charge >= 0.3 is 0 Å². The number of hydrogen-bond acceptors (Lipinski definition) is 4. The van der Waals surface area contributed by atoms with E-state index >= 15 is 0 Å². The summed E-state index contributed by atoms with van der Waals surface area (Å²) < 4.78 is 10.7. The van der Waals surface area contributed by atoms with Crippen molar-refractivity contribution in [1.82, 2.24) is 0 Å². The average Bonchev–Trinajstić information content (AvgIpc) is 2.86. The highest BCUT2D eigenvalue weighted by molar-refractivity contribution is 7.14. The monoisotopic (exact) mass is 226 g/mol. The van der Waals surface area contributed by atoms with Crippen molar-refractivity contribution in [3.05, 3.63) is 21.9 Å². The zero-order chi connectivity index (χ0) is 10.7. The minimum absolute atomic E-state index is 0.0483. The molecule has 1 saturated heterocycles. The van der Waals surface area contributed by atoms with E-state index in [0.29, 0.717) is 13.2 Å². The molecular formula is C11H14O3S. The van der Waals surface area contributed by atoms with Gasteiger partial charge < -0.3 is 9.47 Å². The predicted molar refractivity (Wildman–Crippen MR) is 58.3 cm³/mol. The molecule has 82 valence electrons. The van der Waals surface area contributed by atoms with Crippen LogP contribution in [0, 0.1) is 0 Å². The lowest BCUT2D eigenvalue weighted by Gasteiger charge is -2.06. The zero-order valence-corrected chi connectivity index (χ0v) is 9.51. The maximum atomic E-state index is 11.1. The lowest BCUT2D eigenvalue weighted by molar-refractivity contribution is -0.0460.